The molecule has 0 aliphatic carbocycles. The van der Waals surface area contributed by atoms with E-state index in [1.54, 1.807) is 0 Å². The van der Waals surface area contributed by atoms with Gasteiger partial charge in [0.1, 0.15) is 0 Å². The van der Waals surface area contributed by atoms with Gasteiger partial charge in [0.05, 0.1) is 0 Å². The van der Waals surface area contributed by atoms with E-state index in [9.17, 15) is 0 Å². The Kier molecular flexibility index (Phi) is 4.55. The Bertz CT molecular complexity index is 322. The Morgan fingerprint density at radius 1 is 1.25 bits per heavy atom. The maximum absolute atomic E-state index is 3.43. The van der Waals surface area contributed by atoms with Crippen molar-refractivity contribution in [3.63, 3.8) is 0 Å². The second-order valence-electron chi connectivity index (χ2n) is 5.74. The lowest BCUT2D eigenvalue weighted by molar-refractivity contribution is 0.268. The van der Waals surface area contributed by atoms with Crippen LogP contribution in [0.4, 0.5) is 0 Å². The van der Waals surface area contributed by atoms with E-state index in [0.717, 1.165) is 6.42 Å². The van der Waals surface area contributed by atoms with Crippen LogP contribution in [0.15, 0.2) is 24.3 Å². The fourth-order valence-corrected chi connectivity index (χ4v) is 2.19. The molecule has 1 aromatic rings. The third-order valence-corrected chi connectivity index (χ3v) is 3.20. The van der Waals surface area contributed by atoms with Crippen LogP contribution >= 0.6 is 0 Å². The first-order valence-corrected chi connectivity index (χ1v) is 6.16. The fraction of sp³-hybridized carbons (Fsp3) is 0.600. The van der Waals surface area contributed by atoms with Crippen molar-refractivity contribution in [1.82, 2.24) is 5.32 Å². The molecule has 0 bridgehead atoms. The average Bonchev–Trinajstić information content (AvgIpc) is 2.16. The highest BCUT2D eigenvalue weighted by atomic mass is 14.9. The molecule has 90 valence electrons. The van der Waals surface area contributed by atoms with Crippen LogP contribution in [0, 0.1) is 12.3 Å². The van der Waals surface area contributed by atoms with Gasteiger partial charge < -0.3 is 5.32 Å². The summed E-state index contributed by atoms with van der Waals surface area (Å²) < 4.78 is 0. The van der Waals surface area contributed by atoms with Crippen molar-refractivity contribution in [1.29, 1.82) is 0 Å². The molecule has 0 saturated carbocycles. The summed E-state index contributed by atoms with van der Waals surface area (Å²) in [5.41, 5.74) is 3.14. The monoisotopic (exact) mass is 219 g/mol. The van der Waals surface area contributed by atoms with Gasteiger partial charge in [0.2, 0.25) is 0 Å². The molecular weight excluding hydrogens is 194 g/mol. The molecule has 1 nitrogen and oxygen atoms in total. The molecule has 0 heterocycles. The minimum Gasteiger partial charge on any atom is -0.316 e. The summed E-state index contributed by atoms with van der Waals surface area (Å²) in [5.74, 6) is 0. The molecule has 0 spiro atoms. The maximum Gasteiger partial charge on any atom is 0.0116 e. The largest absolute Gasteiger partial charge is 0.316 e. The number of hydrogen-bond acceptors (Lipinski definition) is 1. The van der Waals surface area contributed by atoms with Crippen molar-refractivity contribution >= 4 is 0 Å². The molecule has 0 fully saturated rings. The molecule has 0 aromatic heterocycles. The van der Waals surface area contributed by atoms with Gasteiger partial charge in [-0.05, 0) is 37.8 Å². The van der Waals surface area contributed by atoms with Crippen molar-refractivity contribution in [2.24, 2.45) is 5.41 Å². The van der Waals surface area contributed by atoms with Gasteiger partial charge in [0, 0.05) is 6.04 Å². The lowest BCUT2D eigenvalue weighted by Gasteiger charge is -2.30. The highest BCUT2D eigenvalue weighted by Crippen LogP contribution is 2.23. The van der Waals surface area contributed by atoms with E-state index < -0.39 is 0 Å². The van der Waals surface area contributed by atoms with Gasteiger partial charge >= 0.3 is 0 Å². The molecule has 16 heavy (non-hydrogen) atoms. The lowest BCUT2D eigenvalue weighted by atomic mass is 9.83. The van der Waals surface area contributed by atoms with E-state index in [0.29, 0.717) is 11.5 Å². The van der Waals surface area contributed by atoms with Gasteiger partial charge in [0.15, 0.2) is 0 Å². The standard InChI is InChI=1S/C15H25N/c1-12-7-6-8-13(11-12)9-10-14(16-5)15(2,3)4/h6-8,11,14,16H,9-10H2,1-5H3. The molecule has 1 unspecified atom stereocenters. The molecule has 0 amide bonds. The molecule has 1 N–H and O–H groups in total. The van der Waals surface area contributed by atoms with Gasteiger partial charge in [-0.25, -0.2) is 0 Å². The minimum absolute atomic E-state index is 0.332. The first-order valence-electron chi connectivity index (χ1n) is 6.16. The Morgan fingerprint density at radius 3 is 2.44 bits per heavy atom. The molecule has 1 heteroatoms. The van der Waals surface area contributed by atoms with Gasteiger partial charge in [-0.3, -0.25) is 0 Å². The third kappa shape index (κ3) is 3.97. The molecule has 1 atom stereocenters. The molecule has 0 aliphatic rings. The number of benzene rings is 1. The molecule has 0 radical (unpaired) electrons. The van der Waals surface area contributed by atoms with E-state index in [1.807, 2.05) is 0 Å². The highest BCUT2D eigenvalue weighted by molar-refractivity contribution is 5.22. The van der Waals surface area contributed by atoms with Crippen molar-refractivity contribution in [3.05, 3.63) is 35.4 Å². The quantitative estimate of drug-likeness (QED) is 0.816. The van der Waals surface area contributed by atoms with E-state index in [2.05, 4.69) is 64.3 Å². The summed E-state index contributed by atoms with van der Waals surface area (Å²) in [4.78, 5) is 0. The van der Waals surface area contributed by atoms with E-state index in [4.69, 9.17) is 0 Å². The number of rotatable bonds is 4. The summed E-state index contributed by atoms with van der Waals surface area (Å²) in [6.07, 6.45) is 2.36. The van der Waals surface area contributed by atoms with E-state index >= 15 is 0 Å². The minimum atomic E-state index is 0.332. The number of nitrogens with one attached hydrogen (secondary N) is 1. The topological polar surface area (TPSA) is 12.0 Å². The Labute approximate surface area is 100 Å². The van der Waals surface area contributed by atoms with Crippen LogP contribution in [0.3, 0.4) is 0 Å². The average molecular weight is 219 g/mol. The summed E-state index contributed by atoms with van der Waals surface area (Å²) in [7, 11) is 2.06. The molecule has 0 saturated heterocycles. The van der Waals surface area contributed by atoms with E-state index in [1.165, 1.54) is 17.5 Å². The van der Waals surface area contributed by atoms with Gasteiger partial charge in [-0.15, -0.1) is 0 Å². The third-order valence-electron chi connectivity index (χ3n) is 3.20. The van der Waals surface area contributed by atoms with Gasteiger partial charge in [-0.2, -0.15) is 0 Å². The summed E-state index contributed by atoms with van der Waals surface area (Å²) in [5, 5.41) is 3.43. The van der Waals surface area contributed by atoms with Crippen LogP contribution in [0.1, 0.15) is 38.3 Å². The zero-order valence-electron chi connectivity index (χ0n) is 11.3. The zero-order chi connectivity index (χ0) is 12.2. The Hall–Kier alpha value is -0.820. The SMILES string of the molecule is CNC(CCc1cccc(C)c1)C(C)(C)C. The first-order chi connectivity index (χ1) is 7.43. The van der Waals surface area contributed by atoms with Crippen molar-refractivity contribution in [2.45, 2.75) is 46.6 Å². The van der Waals surface area contributed by atoms with Crippen molar-refractivity contribution in [3.8, 4) is 0 Å². The summed E-state index contributed by atoms with van der Waals surface area (Å²) >= 11 is 0. The molecule has 1 rings (SSSR count). The molecule has 0 aliphatic heterocycles. The predicted molar refractivity (Wildman–Crippen MR) is 71.8 cm³/mol. The maximum atomic E-state index is 3.43. The van der Waals surface area contributed by atoms with Crippen LogP contribution in [0.25, 0.3) is 0 Å². The van der Waals surface area contributed by atoms with Crippen LogP contribution in [0.2, 0.25) is 0 Å². The summed E-state index contributed by atoms with van der Waals surface area (Å²) in [6, 6.07) is 9.39. The normalized spacial score (nSPS) is 13.8. The highest BCUT2D eigenvalue weighted by Gasteiger charge is 2.22. The number of aryl methyl sites for hydroxylation is 2. The smallest absolute Gasteiger partial charge is 0.0116 e. The number of hydrogen-bond donors (Lipinski definition) is 1. The second-order valence-corrected chi connectivity index (χ2v) is 5.74. The van der Waals surface area contributed by atoms with Gasteiger partial charge in [-0.1, -0.05) is 50.6 Å². The first kappa shape index (κ1) is 13.2. The van der Waals surface area contributed by atoms with Gasteiger partial charge in [0.25, 0.3) is 0 Å². The second kappa shape index (κ2) is 5.49. The Morgan fingerprint density at radius 2 is 1.94 bits per heavy atom. The van der Waals surface area contributed by atoms with Crippen LogP contribution in [-0.4, -0.2) is 13.1 Å². The van der Waals surface area contributed by atoms with Crippen LogP contribution in [-0.2, 0) is 6.42 Å². The van der Waals surface area contributed by atoms with Crippen molar-refractivity contribution in [2.75, 3.05) is 7.05 Å². The summed E-state index contributed by atoms with van der Waals surface area (Å²) in [6.45, 7) is 9.04. The van der Waals surface area contributed by atoms with Crippen LogP contribution in [0.5, 0.6) is 0 Å². The lowest BCUT2D eigenvalue weighted by Crippen LogP contribution is -2.38. The van der Waals surface area contributed by atoms with Crippen LogP contribution < -0.4 is 5.32 Å². The predicted octanol–water partition coefficient (Wildman–Crippen LogP) is 3.56. The van der Waals surface area contributed by atoms with E-state index in [-0.39, 0.29) is 0 Å². The zero-order valence-corrected chi connectivity index (χ0v) is 11.3. The van der Waals surface area contributed by atoms with Crippen molar-refractivity contribution < 1.29 is 0 Å². The fourth-order valence-electron chi connectivity index (χ4n) is 2.19. The molecule has 1 aromatic carbocycles. The molecular formula is C15H25N. The Balaban J connectivity index is 2.56.